The fourth-order valence-corrected chi connectivity index (χ4v) is 3.53. The van der Waals surface area contributed by atoms with Gasteiger partial charge in [0.1, 0.15) is 0 Å². The lowest BCUT2D eigenvalue weighted by Gasteiger charge is -2.35. The number of ether oxygens (including phenoxy) is 1. The summed E-state index contributed by atoms with van der Waals surface area (Å²) >= 11 is 5.26. The van der Waals surface area contributed by atoms with Gasteiger partial charge in [0.2, 0.25) is 5.91 Å². The van der Waals surface area contributed by atoms with E-state index in [1.807, 2.05) is 0 Å². The van der Waals surface area contributed by atoms with E-state index in [0.717, 1.165) is 45.1 Å². The highest BCUT2D eigenvalue weighted by molar-refractivity contribution is 7.80. The normalized spacial score (nSPS) is 26.5. The van der Waals surface area contributed by atoms with Gasteiger partial charge in [-0.05, 0) is 25.7 Å². The first-order chi connectivity index (χ1) is 9.62. The average molecular weight is 298 g/mol. The Bertz CT molecular complexity index is 346. The molecule has 0 radical (unpaired) electrons. The molecule has 0 aromatic rings. The number of carbonyl (C=O) groups excluding carboxylic acids is 1. The SMILES string of the molecule is NC(=S)C1(NC(=O)CC2CCCO2)CCCCCCC1. The second-order valence-electron chi connectivity index (χ2n) is 6.10. The van der Waals surface area contributed by atoms with E-state index in [9.17, 15) is 4.79 Å². The van der Waals surface area contributed by atoms with Crippen molar-refractivity contribution < 1.29 is 9.53 Å². The first-order valence-corrected chi connectivity index (χ1v) is 8.26. The third-order valence-corrected chi connectivity index (χ3v) is 4.89. The molecule has 1 aliphatic heterocycles. The lowest BCUT2D eigenvalue weighted by Crippen LogP contribution is -2.57. The Morgan fingerprint density at radius 3 is 2.40 bits per heavy atom. The van der Waals surface area contributed by atoms with Crippen molar-refractivity contribution in [1.29, 1.82) is 0 Å². The largest absolute Gasteiger partial charge is 0.391 e. The number of thiocarbonyl (C=S) groups is 1. The van der Waals surface area contributed by atoms with Gasteiger partial charge in [-0.25, -0.2) is 0 Å². The third kappa shape index (κ3) is 4.16. The number of nitrogens with two attached hydrogens (primary N) is 1. The Kier molecular flexibility index (Phi) is 5.78. The Balaban J connectivity index is 1.95. The van der Waals surface area contributed by atoms with Crippen molar-refractivity contribution in [2.45, 2.75) is 75.9 Å². The van der Waals surface area contributed by atoms with E-state index in [4.69, 9.17) is 22.7 Å². The molecule has 0 aromatic heterocycles. The molecular weight excluding hydrogens is 272 g/mol. The van der Waals surface area contributed by atoms with Crippen molar-refractivity contribution >= 4 is 23.1 Å². The van der Waals surface area contributed by atoms with Gasteiger partial charge in [0.15, 0.2) is 0 Å². The first-order valence-electron chi connectivity index (χ1n) is 7.85. The maximum Gasteiger partial charge on any atom is 0.223 e. The van der Waals surface area contributed by atoms with Crippen LogP contribution in [0.5, 0.6) is 0 Å². The molecule has 2 aliphatic rings. The van der Waals surface area contributed by atoms with E-state index in [1.54, 1.807) is 0 Å². The zero-order valence-corrected chi connectivity index (χ0v) is 13.0. The molecule has 20 heavy (non-hydrogen) atoms. The van der Waals surface area contributed by atoms with Gasteiger partial charge in [-0.2, -0.15) is 0 Å². The van der Waals surface area contributed by atoms with Crippen LogP contribution in [0.15, 0.2) is 0 Å². The zero-order chi connectivity index (χ0) is 14.4. The molecule has 5 heteroatoms. The van der Waals surface area contributed by atoms with Crippen LogP contribution in [-0.2, 0) is 9.53 Å². The fraction of sp³-hybridized carbons (Fsp3) is 0.867. The van der Waals surface area contributed by atoms with Gasteiger partial charge in [-0.15, -0.1) is 0 Å². The molecule has 1 aliphatic carbocycles. The van der Waals surface area contributed by atoms with Gasteiger partial charge in [0.25, 0.3) is 0 Å². The molecule has 1 saturated heterocycles. The van der Waals surface area contributed by atoms with Crippen LogP contribution < -0.4 is 11.1 Å². The number of hydrogen-bond acceptors (Lipinski definition) is 3. The predicted molar refractivity (Wildman–Crippen MR) is 83.6 cm³/mol. The average Bonchev–Trinajstić information content (AvgIpc) is 2.85. The molecule has 1 heterocycles. The molecule has 1 unspecified atom stereocenters. The molecule has 0 bridgehead atoms. The smallest absolute Gasteiger partial charge is 0.223 e. The Hall–Kier alpha value is -0.680. The Morgan fingerprint density at radius 1 is 1.20 bits per heavy atom. The van der Waals surface area contributed by atoms with E-state index < -0.39 is 5.54 Å². The summed E-state index contributed by atoms with van der Waals surface area (Å²) in [7, 11) is 0. The van der Waals surface area contributed by atoms with Crippen LogP contribution in [-0.4, -0.2) is 29.1 Å². The quantitative estimate of drug-likeness (QED) is 0.783. The molecule has 3 N–H and O–H groups in total. The predicted octanol–water partition coefficient (Wildman–Crippen LogP) is 2.44. The highest BCUT2D eigenvalue weighted by atomic mass is 32.1. The van der Waals surface area contributed by atoms with Gasteiger partial charge in [-0.1, -0.05) is 44.3 Å². The van der Waals surface area contributed by atoms with Crippen molar-refractivity contribution in [3.63, 3.8) is 0 Å². The van der Waals surface area contributed by atoms with E-state index >= 15 is 0 Å². The third-order valence-electron chi connectivity index (χ3n) is 4.49. The second-order valence-corrected chi connectivity index (χ2v) is 6.54. The minimum absolute atomic E-state index is 0.0327. The van der Waals surface area contributed by atoms with Crippen molar-refractivity contribution in [3.8, 4) is 0 Å². The summed E-state index contributed by atoms with van der Waals surface area (Å²) in [5.74, 6) is 0.0327. The lowest BCUT2D eigenvalue weighted by molar-refractivity contribution is -0.124. The van der Waals surface area contributed by atoms with Gasteiger partial charge in [0, 0.05) is 6.61 Å². The standard InChI is InChI=1S/C15H26N2O2S/c16-14(20)15(8-4-2-1-3-5-9-15)17-13(18)11-12-7-6-10-19-12/h12H,1-11H2,(H2,16,20)(H,17,18). The fourth-order valence-electron chi connectivity index (χ4n) is 3.27. The number of amides is 1. The number of rotatable bonds is 4. The first kappa shape index (κ1) is 15.7. The summed E-state index contributed by atoms with van der Waals surface area (Å²) in [6.07, 6.45) is 10.1. The van der Waals surface area contributed by atoms with Gasteiger partial charge in [-0.3, -0.25) is 4.79 Å². The summed E-state index contributed by atoms with van der Waals surface area (Å²) in [6.45, 7) is 0.776. The maximum atomic E-state index is 12.3. The highest BCUT2D eigenvalue weighted by Gasteiger charge is 2.35. The Labute approximate surface area is 126 Å². The Morgan fingerprint density at radius 2 is 1.85 bits per heavy atom. The summed E-state index contributed by atoms with van der Waals surface area (Å²) in [6, 6.07) is 0. The molecule has 0 spiro atoms. The van der Waals surface area contributed by atoms with Crippen molar-refractivity contribution in [3.05, 3.63) is 0 Å². The van der Waals surface area contributed by atoms with E-state index in [0.29, 0.717) is 11.4 Å². The highest BCUT2D eigenvalue weighted by Crippen LogP contribution is 2.27. The van der Waals surface area contributed by atoms with Crippen molar-refractivity contribution in [2.24, 2.45) is 5.73 Å². The topological polar surface area (TPSA) is 64.3 Å². The van der Waals surface area contributed by atoms with Crippen LogP contribution in [0.3, 0.4) is 0 Å². The van der Waals surface area contributed by atoms with Crippen LogP contribution in [0, 0.1) is 0 Å². The minimum atomic E-state index is -0.467. The summed E-state index contributed by atoms with van der Waals surface area (Å²) in [5.41, 5.74) is 5.50. The molecular formula is C15H26N2O2S. The second kappa shape index (κ2) is 7.36. The van der Waals surface area contributed by atoms with Gasteiger partial charge >= 0.3 is 0 Å². The van der Waals surface area contributed by atoms with Crippen LogP contribution >= 0.6 is 12.2 Å². The van der Waals surface area contributed by atoms with E-state index in [2.05, 4.69) is 5.32 Å². The van der Waals surface area contributed by atoms with Crippen LogP contribution in [0.4, 0.5) is 0 Å². The molecule has 1 amide bonds. The summed E-state index contributed by atoms with van der Waals surface area (Å²) < 4.78 is 5.53. The number of carbonyl (C=O) groups is 1. The zero-order valence-electron chi connectivity index (χ0n) is 12.2. The number of hydrogen-bond donors (Lipinski definition) is 2. The molecule has 0 aromatic carbocycles. The van der Waals surface area contributed by atoms with E-state index in [-0.39, 0.29) is 12.0 Å². The van der Waals surface area contributed by atoms with Gasteiger partial charge < -0.3 is 15.8 Å². The summed E-state index contributed by atoms with van der Waals surface area (Å²) in [4.78, 5) is 12.7. The van der Waals surface area contributed by atoms with Crippen LogP contribution in [0.2, 0.25) is 0 Å². The lowest BCUT2D eigenvalue weighted by atomic mass is 9.83. The van der Waals surface area contributed by atoms with Crippen molar-refractivity contribution in [1.82, 2.24) is 5.32 Å². The molecule has 4 nitrogen and oxygen atoms in total. The molecule has 114 valence electrons. The van der Waals surface area contributed by atoms with Gasteiger partial charge in [0.05, 0.1) is 23.1 Å². The molecule has 1 atom stereocenters. The van der Waals surface area contributed by atoms with Crippen LogP contribution in [0.25, 0.3) is 0 Å². The molecule has 1 saturated carbocycles. The molecule has 2 fully saturated rings. The summed E-state index contributed by atoms with van der Waals surface area (Å²) in [5, 5.41) is 3.14. The molecule has 2 rings (SSSR count). The number of nitrogens with one attached hydrogen (secondary N) is 1. The maximum absolute atomic E-state index is 12.3. The van der Waals surface area contributed by atoms with Crippen molar-refractivity contribution in [2.75, 3.05) is 6.61 Å². The monoisotopic (exact) mass is 298 g/mol. The van der Waals surface area contributed by atoms with Crippen LogP contribution in [0.1, 0.15) is 64.2 Å². The minimum Gasteiger partial charge on any atom is -0.391 e. The van der Waals surface area contributed by atoms with E-state index in [1.165, 1.54) is 19.3 Å².